The summed E-state index contributed by atoms with van der Waals surface area (Å²) in [5.41, 5.74) is 0.768. The highest BCUT2D eigenvalue weighted by atomic mass is 16.5. The molecule has 0 bridgehead atoms. The lowest BCUT2D eigenvalue weighted by atomic mass is 10.1. The zero-order valence-electron chi connectivity index (χ0n) is 15.9. The molecule has 1 N–H and O–H groups in total. The van der Waals surface area contributed by atoms with E-state index in [2.05, 4.69) is 10.4 Å². The Morgan fingerprint density at radius 1 is 1.15 bits per heavy atom. The number of nitrogens with one attached hydrogen (secondary N) is 1. The van der Waals surface area contributed by atoms with Crippen molar-refractivity contribution in [1.29, 1.82) is 0 Å². The van der Waals surface area contributed by atoms with Gasteiger partial charge in [-0.05, 0) is 36.6 Å². The zero-order chi connectivity index (χ0) is 19.2. The van der Waals surface area contributed by atoms with Gasteiger partial charge in [-0.15, -0.1) is 0 Å². The van der Waals surface area contributed by atoms with Crippen molar-refractivity contribution >= 4 is 17.8 Å². The van der Waals surface area contributed by atoms with Gasteiger partial charge in [-0.2, -0.15) is 5.10 Å². The third-order valence-corrected chi connectivity index (χ3v) is 4.71. The molecule has 2 aromatic rings. The largest absolute Gasteiger partial charge is 0.493 e. The van der Waals surface area contributed by atoms with E-state index in [1.54, 1.807) is 45.7 Å². The number of aromatic nitrogens is 2. The van der Waals surface area contributed by atoms with Crippen molar-refractivity contribution in [3.8, 4) is 17.2 Å². The summed E-state index contributed by atoms with van der Waals surface area (Å²) in [5.74, 6) is 2.10. The van der Waals surface area contributed by atoms with Crippen LogP contribution in [0, 0.1) is 0 Å². The lowest BCUT2D eigenvalue weighted by Gasteiger charge is -2.14. The van der Waals surface area contributed by atoms with Gasteiger partial charge >= 0.3 is 0 Å². The predicted octanol–water partition coefficient (Wildman–Crippen LogP) is 3.68. The van der Waals surface area contributed by atoms with Gasteiger partial charge < -0.3 is 19.5 Å². The Balaban J connectivity index is 1.73. The highest BCUT2D eigenvalue weighted by Gasteiger charge is 2.20. The molecule has 0 spiro atoms. The van der Waals surface area contributed by atoms with Crippen LogP contribution in [0.1, 0.15) is 37.3 Å². The summed E-state index contributed by atoms with van der Waals surface area (Å²) in [6.07, 6.45) is 9.52. The van der Waals surface area contributed by atoms with Gasteiger partial charge in [0.25, 0.3) is 0 Å². The van der Waals surface area contributed by atoms with E-state index < -0.39 is 0 Å². The summed E-state index contributed by atoms with van der Waals surface area (Å²) in [6.45, 7) is 0. The molecule has 1 amide bonds. The van der Waals surface area contributed by atoms with Crippen LogP contribution in [0.3, 0.4) is 0 Å². The first-order valence-electron chi connectivity index (χ1n) is 8.99. The summed E-state index contributed by atoms with van der Waals surface area (Å²) < 4.78 is 17.9. The van der Waals surface area contributed by atoms with Crippen LogP contribution in [0.25, 0.3) is 6.08 Å². The second-order valence-electron chi connectivity index (χ2n) is 6.38. The molecule has 0 saturated heterocycles. The molecule has 1 saturated carbocycles. The van der Waals surface area contributed by atoms with Crippen molar-refractivity contribution in [2.75, 3.05) is 26.6 Å². The number of rotatable bonds is 7. The second kappa shape index (κ2) is 8.62. The summed E-state index contributed by atoms with van der Waals surface area (Å²) in [6, 6.07) is 5.76. The molecule has 1 aromatic heterocycles. The SMILES string of the molecule is COc1cc(/C=C\C(=O)Nc2ccnn2C2CCCC2)cc(OC)c1OC. The molecule has 0 unspecified atom stereocenters. The Morgan fingerprint density at radius 2 is 1.81 bits per heavy atom. The van der Waals surface area contributed by atoms with Crippen molar-refractivity contribution in [2.45, 2.75) is 31.7 Å². The molecule has 1 aliphatic rings. The fraction of sp³-hybridized carbons (Fsp3) is 0.400. The highest BCUT2D eigenvalue weighted by molar-refractivity contribution is 6.01. The second-order valence-corrected chi connectivity index (χ2v) is 6.38. The minimum absolute atomic E-state index is 0.219. The van der Waals surface area contributed by atoms with E-state index in [0.717, 1.165) is 24.2 Å². The van der Waals surface area contributed by atoms with Crippen LogP contribution < -0.4 is 19.5 Å². The number of benzene rings is 1. The minimum atomic E-state index is -0.219. The summed E-state index contributed by atoms with van der Waals surface area (Å²) >= 11 is 0. The van der Waals surface area contributed by atoms with Crippen molar-refractivity contribution in [3.05, 3.63) is 36.0 Å². The normalized spacial score (nSPS) is 14.5. The van der Waals surface area contributed by atoms with Gasteiger partial charge in [-0.1, -0.05) is 12.8 Å². The van der Waals surface area contributed by atoms with E-state index in [1.165, 1.54) is 18.9 Å². The molecular weight excluding hydrogens is 346 g/mol. The quantitative estimate of drug-likeness (QED) is 0.752. The number of ether oxygens (including phenoxy) is 3. The number of amides is 1. The van der Waals surface area contributed by atoms with Crippen molar-refractivity contribution < 1.29 is 19.0 Å². The Morgan fingerprint density at radius 3 is 2.41 bits per heavy atom. The molecule has 1 aliphatic carbocycles. The number of carbonyl (C=O) groups is 1. The van der Waals surface area contributed by atoms with E-state index in [1.807, 2.05) is 10.7 Å². The lowest BCUT2D eigenvalue weighted by molar-refractivity contribution is -0.111. The van der Waals surface area contributed by atoms with E-state index >= 15 is 0 Å². The third-order valence-electron chi connectivity index (χ3n) is 4.71. The van der Waals surface area contributed by atoms with E-state index in [-0.39, 0.29) is 5.91 Å². The standard InChI is InChI=1S/C20H25N3O4/c1-25-16-12-14(13-17(26-2)20(16)27-3)8-9-19(24)22-18-10-11-21-23(18)15-6-4-5-7-15/h8-13,15H,4-7H2,1-3H3,(H,22,24)/b9-8-. The van der Waals surface area contributed by atoms with Crippen LogP contribution in [-0.2, 0) is 4.79 Å². The van der Waals surface area contributed by atoms with Crippen molar-refractivity contribution in [1.82, 2.24) is 9.78 Å². The van der Waals surface area contributed by atoms with Crippen molar-refractivity contribution in [3.63, 3.8) is 0 Å². The minimum Gasteiger partial charge on any atom is -0.493 e. The fourth-order valence-electron chi connectivity index (χ4n) is 3.39. The van der Waals surface area contributed by atoms with Crippen LogP contribution in [0.4, 0.5) is 5.82 Å². The van der Waals surface area contributed by atoms with Gasteiger partial charge in [-0.25, -0.2) is 4.68 Å². The Hall–Kier alpha value is -2.96. The van der Waals surface area contributed by atoms with Crippen LogP contribution in [0.2, 0.25) is 0 Å². The fourth-order valence-corrected chi connectivity index (χ4v) is 3.39. The maximum Gasteiger partial charge on any atom is 0.249 e. The maximum absolute atomic E-state index is 12.4. The van der Waals surface area contributed by atoms with E-state index in [9.17, 15) is 4.79 Å². The summed E-state index contributed by atoms with van der Waals surface area (Å²) in [4.78, 5) is 12.4. The molecule has 144 valence electrons. The van der Waals surface area contributed by atoms with Crippen molar-refractivity contribution in [2.24, 2.45) is 0 Å². The molecule has 1 fully saturated rings. The number of hydrogen-bond donors (Lipinski definition) is 1. The topological polar surface area (TPSA) is 74.6 Å². The monoisotopic (exact) mass is 371 g/mol. The molecular formula is C20H25N3O4. The maximum atomic E-state index is 12.4. The Kier molecular flexibility index (Phi) is 6.01. The van der Waals surface area contributed by atoms with Gasteiger partial charge in [0.05, 0.1) is 33.6 Å². The molecule has 7 heteroatoms. The molecule has 0 radical (unpaired) electrons. The molecule has 27 heavy (non-hydrogen) atoms. The molecule has 0 aliphatic heterocycles. The first kappa shape index (κ1) is 18.8. The Labute approximate surface area is 158 Å². The average Bonchev–Trinajstić information content (AvgIpc) is 3.36. The number of hydrogen-bond acceptors (Lipinski definition) is 5. The summed E-state index contributed by atoms with van der Waals surface area (Å²) in [5, 5.41) is 7.27. The molecule has 3 rings (SSSR count). The van der Waals surface area contributed by atoms with Gasteiger partial charge in [-0.3, -0.25) is 4.79 Å². The van der Waals surface area contributed by atoms with Gasteiger partial charge in [0, 0.05) is 12.1 Å². The molecule has 7 nitrogen and oxygen atoms in total. The highest BCUT2D eigenvalue weighted by Crippen LogP contribution is 2.38. The molecule has 1 heterocycles. The molecule has 1 aromatic carbocycles. The van der Waals surface area contributed by atoms with Gasteiger partial charge in [0.1, 0.15) is 5.82 Å². The van der Waals surface area contributed by atoms with E-state index in [4.69, 9.17) is 14.2 Å². The number of carbonyl (C=O) groups excluding carboxylic acids is 1. The van der Waals surface area contributed by atoms with Crippen LogP contribution in [-0.4, -0.2) is 37.0 Å². The number of methoxy groups -OCH3 is 3. The van der Waals surface area contributed by atoms with Crippen LogP contribution in [0.5, 0.6) is 17.2 Å². The Bertz CT molecular complexity index is 797. The first-order valence-corrected chi connectivity index (χ1v) is 8.99. The number of nitrogens with zero attached hydrogens (tertiary/aromatic N) is 2. The average molecular weight is 371 g/mol. The van der Waals surface area contributed by atoms with Gasteiger partial charge in [0.2, 0.25) is 11.7 Å². The smallest absolute Gasteiger partial charge is 0.249 e. The van der Waals surface area contributed by atoms with E-state index in [0.29, 0.717) is 23.3 Å². The third kappa shape index (κ3) is 4.24. The molecule has 0 atom stereocenters. The predicted molar refractivity (Wildman–Crippen MR) is 103 cm³/mol. The first-order chi connectivity index (χ1) is 13.2. The van der Waals surface area contributed by atoms with Crippen LogP contribution >= 0.6 is 0 Å². The lowest BCUT2D eigenvalue weighted by Crippen LogP contribution is -2.15. The van der Waals surface area contributed by atoms with Crippen LogP contribution in [0.15, 0.2) is 30.5 Å². The summed E-state index contributed by atoms with van der Waals surface area (Å²) in [7, 11) is 4.67. The zero-order valence-corrected chi connectivity index (χ0v) is 15.9. The number of anilines is 1. The van der Waals surface area contributed by atoms with Gasteiger partial charge in [0.15, 0.2) is 11.5 Å².